The van der Waals surface area contributed by atoms with Crippen LogP contribution in [0.15, 0.2) is 46.9 Å². The minimum absolute atomic E-state index is 0.266. The number of benzene rings is 2. The summed E-state index contributed by atoms with van der Waals surface area (Å²) in [6.07, 6.45) is 2.21. The van der Waals surface area contributed by atoms with Gasteiger partial charge in [0.15, 0.2) is 0 Å². The van der Waals surface area contributed by atoms with Crippen molar-refractivity contribution in [1.29, 1.82) is 0 Å². The van der Waals surface area contributed by atoms with E-state index in [-0.39, 0.29) is 11.2 Å². The van der Waals surface area contributed by atoms with Crippen LogP contribution in [0.2, 0.25) is 0 Å². The number of hydrogen-bond acceptors (Lipinski definition) is 0. The molecule has 0 aliphatic carbocycles. The van der Waals surface area contributed by atoms with Crippen LogP contribution in [0, 0.1) is 5.82 Å². The van der Waals surface area contributed by atoms with Gasteiger partial charge in [-0.15, -0.1) is 11.6 Å². The summed E-state index contributed by atoms with van der Waals surface area (Å²) in [4.78, 5) is 0. The van der Waals surface area contributed by atoms with Gasteiger partial charge in [-0.05, 0) is 35.2 Å². The number of aryl methyl sites for hydroxylation is 1. The van der Waals surface area contributed by atoms with Gasteiger partial charge in [0.1, 0.15) is 5.82 Å². The summed E-state index contributed by atoms with van der Waals surface area (Å²) < 4.78 is 13.8. The van der Waals surface area contributed by atoms with E-state index in [1.165, 1.54) is 17.7 Å². The molecular weight excluding hydrogens is 327 g/mol. The van der Waals surface area contributed by atoms with E-state index in [1.807, 2.05) is 12.1 Å². The normalized spacial score (nSPS) is 12.4. The van der Waals surface area contributed by atoms with Gasteiger partial charge >= 0.3 is 0 Å². The Morgan fingerprint density at radius 3 is 2.42 bits per heavy atom. The average Bonchev–Trinajstić information content (AvgIpc) is 2.39. The summed E-state index contributed by atoms with van der Waals surface area (Å²) in [5.74, 6) is -0.266. The molecule has 0 aliphatic rings. The van der Waals surface area contributed by atoms with Crippen LogP contribution >= 0.6 is 27.5 Å². The molecule has 0 nitrogen and oxygen atoms in total. The average molecular weight is 342 g/mol. The smallest absolute Gasteiger partial charge is 0.124 e. The zero-order valence-corrected chi connectivity index (χ0v) is 13.0. The molecule has 1 atom stereocenters. The van der Waals surface area contributed by atoms with Crippen molar-refractivity contribution in [1.82, 2.24) is 0 Å². The van der Waals surface area contributed by atoms with Gasteiger partial charge in [0.25, 0.3) is 0 Å². The Labute approximate surface area is 126 Å². The minimum atomic E-state index is -0.273. The van der Waals surface area contributed by atoms with E-state index in [0.717, 1.165) is 24.0 Å². The van der Waals surface area contributed by atoms with Gasteiger partial charge in [-0.25, -0.2) is 4.39 Å². The van der Waals surface area contributed by atoms with E-state index in [0.29, 0.717) is 4.47 Å². The summed E-state index contributed by atoms with van der Waals surface area (Å²) in [6, 6.07) is 12.9. The molecule has 0 N–H and O–H groups in total. The predicted molar refractivity (Wildman–Crippen MR) is 82.2 cm³/mol. The molecule has 0 saturated heterocycles. The Morgan fingerprint density at radius 2 is 1.84 bits per heavy atom. The Morgan fingerprint density at radius 1 is 1.16 bits per heavy atom. The molecule has 0 radical (unpaired) electrons. The Kier molecular flexibility index (Phi) is 5.00. The lowest BCUT2D eigenvalue weighted by Crippen LogP contribution is -1.96. The zero-order chi connectivity index (χ0) is 13.8. The second-order valence-electron chi connectivity index (χ2n) is 4.52. The summed E-state index contributed by atoms with van der Waals surface area (Å²) in [6.45, 7) is 2.16. The number of rotatable bonds is 4. The second-order valence-corrected chi connectivity index (χ2v) is 5.81. The van der Waals surface area contributed by atoms with Gasteiger partial charge in [0.2, 0.25) is 0 Å². The van der Waals surface area contributed by atoms with Crippen LogP contribution in [0.25, 0.3) is 0 Å². The Bertz CT molecular complexity index is 551. The van der Waals surface area contributed by atoms with Crippen LogP contribution in [0.3, 0.4) is 0 Å². The molecule has 0 bridgehead atoms. The summed E-state index contributed by atoms with van der Waals surface area (Å²) in [5.41, 5.74) is 3.22. The lowest BCUT2D eigenvalue weighted by molar-refractivity contribution is 0.626. The van der Waals surface area contributed by atoms with Crippen molar-refractivity contribution in [3.8, 4) is 0 Å². The van der Waals surface area contributed by atoms with Gasteiger partial charge in [0.05, 0.1) is 5.38 Å². The third-order valence-corrected chi connectivity index (χ3v) is 4.22. The molecule has 100 valence electrons. The van der Waals surface area contributed by atoms with Crippen molar-refractivity contribution in [2.24, 2.45) is 0 Å². The van der Waals surface area contributed by atoms with Gasteiger partial charge in [-0.3, -0.25) is 0 Å². The maximum Gasteiger partial charge on any atom is 0.124 e. The van der Waals surface area contributed by atoms with E-state index < -0.39 is 0 Å². The van der Waals surface area contributed by atoms with Crippen molar-refractivity contribution in [3.05, 3.63) is 69.4 Å². The molecule has 0 heterocycles. The molecule has 0 aromatic heterocycles. The third-order valence-electron chi connectivity index (χ3n) is 3.05. The number of hydrogen-bond donors (Lipinski definition) is 0. The molecule has 1 unspecified atom stereocenters. The quantitative estimate of drug-likeness (QED) is 0.610. The molecule has 2 rings (SSSR count). The van der Waals surface area contributed by atoms with E-state index in [9.17, 15) is 4.39 Å². The van der Waals surface area contributed by atoms with Crippen LogP contribution in [-0.4, -0.2) is 0 Å². The van der Waals surface area contributed by atoms with Gasteiger partial charge in [0, 0.05) is 4.47 Å². The lowest BCUT2D eigenvalue weighted by atomic mass is 10.0. The van der Waals surface area contributed by atoms with Gasteiger partial charge in [-0.1, -0.05) is 59.6 Å². The van der Waals surface area contributed by atoms with Crippen LogP contribution in [-0.2, 0) is 6.42 Å². The summed E-state index contributed by atoms with van der Waals surface area (Å²) in [5, 5.41) is -0.273. The minimum Gasteiger partial charge on any atom is -0.207 e. The highest BCUT2D eigenvalue weighted by molar-refractivity contribution is 9.10. The number of alkyl halides is 1. The topological polar surface area (TPSA) is 0 Å². The standard InChI is InChI=1S/C16H15BrClF/c1-2-3-11-4-6-12(7-5-11)16(18)14-9-8-13(19)10-15(14)17/h4-10,16H,2-3H2,1H3. The highest BCUT2D eigenvalue weighted by Gasteiger charge is 2.14. The molecule has 2 aromatic rings. The molecule has 0 spiro atoms. The summed E-state index contributed by atoms with van der Waals surface area (Å²) >= 11 is 9.83. The largest absolute Gasteiger partial charge is 0.207 e. The SMILES string of the molecule is CCCc1ccc(C(Cl)c2ccc(F)cc2Br)cc1. The molecule has 0 aliphatic heterocycles. The van der Waals surface area contributed by atoms with Crippen molar-refractivity contribution in [2.75, 3.05) is 0 Å². The highest BCUT2D eigenvalue weighted by atomic mass is 79.9. The first-order chi connectivity index (χ1) is 9.11. The monoisotopic (exact) mass is 340 g/mol. The van der Waals surface area contributed by atoms with Crippen molar-refractivity contribution in [3.63, 3.8) is 0 Å². The van der Waals surface area contributed by atoms with Crippen molar-refractivity contribution >= 4 is 27.5 Å². The van der Waals surface area contributed by atoms with E-state index in [4.69, 9.17) is 11.6 Å². The molecule has 2 aromatic carbocycles. The Balaban J connectivity index is 2.25. The molecular formula is C16H15BrClF. The Hall–Kier alpha value is -0.860. The van der Waals surface area contributed by atoms with Crippen molar-refractivity contribution in [2.45, 2.75) is 25.1 Å². The van der Waals surface area contributed by atoms with Gasteiger partial charge < -0.3 is 0 Å². The first-order valence-electron chi connectivity index (χ1n) is 6.29. The van der Waals surface area contributed by atoms with E-state index in [2.05, 4.69) is 35.0 Å². The fourth-order valence-corrected chi connectivity index (χ4v) is 3.08. The molecule has 19 heavy (non-hydrogen) atoms. The van der Waals surface area contributed by atoms with E-state index >= 15 is 0 Å². The summed E-state index contributed by atoms with van der Waals surface area (Å²) in [7, 11) is 0. The number of halogens is 3. The fourth-order valence-electron chi connectivity index (χ4n) is 2.03. The predicted octanol–water partition coefficient (Wildman–Crippen LogP) is 5.87. The van der Waals surface area contributed by atoms with Crippen LogP contribution in [0.1, 0.15) is 35.4 Å². The molecule has 0 fully saturated rings. The van der Waals surface area contributed by atoms with Crippen LogP contribution in [0.4, 0.5) is 4.39 Å². The highest BCUT2D eigenvalue weighted by Crippen LogP contribution is 2.34. The molecule has 3 heteroatoms. The third kappa shape index (κ3) is 3.58. The molecule has 0 saturated carbocycles. The van der Waals surface area contributed by atoms with Crippen molar-refractivity contribution < 1.29 is 4.39 Å². The molecule has 0 amide bonds. The lowest BCUT2D eigenvalue weighted by Gasteiger charge is -2.13. The zero-order valence-electron chi connectivity index (χ0n) is 10.7. The van der Waals surface area contributed by atoms with Crippen LogP contribution < -0.4 is 0 Å². The maximum absolute atomic E-state index is 13.1. The van der Waals surface area contributed by atoms with Gasteiger partial charge in [-0.2, -0.15) is 0 Å². The van der Waals surface area contributed by atoms with E-state index in [1.54, 1.807) is 6.07 Å². The first-order valence-corrected chi connectivity index (χ1v) is 7.52. The van der Waals surface area contributed by atoms with Crippen LogP contribution in [0.5, 0.6) is 0 Å². The first kappa shape index (κ1) is 14.5. The fraction of sp³-hybridized carbons (Fsp3) is 0.250. The second kappa shape index (κ2) is 6.53. The maximum atomic E-state index is 13.1.